The highest BCUT2D eigenvalue weighted by Gasteiger charge is 2.41. The van der Waals surface area contributed by atoms with Gasteiger partial charge in [-0.15, -0.1) is 5.10 Å². The second-order valence-electron chi connectivity index (χ2n) is 8.99. The molecule has 0 unspecified atom stereocenters. The predicted molar refractivity (Wildman–Crippen MR) is 121 cm³/mol. The molecule has 2 aromatic carbocycles. The Morgan fingerprint density at radius 1 is 1.19 bits per heavy atom. The van der Waals surface area contributed by atoms with Crippen LogP contribution in [0.5, 0.6) is 5.75 Å². The number of phenolic OH excluding ortho intramolecular Hbond substituents is 1. The fourth-order valence-corrected chi connectivity index (χ4v) is 5.19. The van der Waals surface area contributed by atoms with E-state index in [1.54, 1.807) is 47.1 Å². The Morgan fingerprint density at radius 2 is 1.94 bits per heavy atom. The average Bonchev–Trinajstić information content (AvgIpc) is 3.14. The number of carbonyl (C=O) groups excluding carboxylic acids is 1. The number of Topliss-reactive ketones (excluding diaryl/α,β-unsaturated/α-hetero) is 1. The minimum absolute atomic E-state index is 0.0866. The van der Waals surface area contributed by atoms with E-state index in [4.69, 9.17) is 0 Å². The number of aromatic hydroxyl groups is 1. The molecule has 8 heteroatoms. The summed E-state index contributed by atoms with van der Waals surface area (Å²) in [5.74, 6) is 0.952. The van der Waals surface area contributed by atoms with Crippen molar-refractivity contribution in [1.82, 2.24) is 14.8 Å². The molecule has 1 atom stereocenters. The molecule has 1 aromatic heterocycles. The van der Waals surface area contributed by atoms with Gasteiger partial charge in [-0.1, -0.05) is 55.9 Å². The molecule has 0 radical (unpaired) electrons. The second kappa shape index (κ2) is 7.78. The number of carbonyl (C=O) groups is 1. The van der Waals surface area contributed by atoms with E-state index in [2.05, 4.69) is 29.2 Å². The molecule has 164 valence electrons. The van der Waals surface area contributed by atoms with Gasteiger partial charge in [0.1, 0.15) is 17.6 Å². The lowest BCUT2D eigenvalue weighted by atomic mass is 9.73. The highest BCUT2D eigenvalue weighted by molar-refractivity contribution is 7.98. The van der Waals surface area contributed by atoms with Crippen LogP contribution in [0.4, 0.5) is 10.3 Å². The lowest BCUT2D eigenvalue weighted by molar-refractivity contribution is -0.118. The summed E-state index contributed by atoms with van der Waals surface area (Å²) in [5.41, 5.74) is 2.85. The minimum atomic E-state index is -0.430. The summed E-state index contributed by atoms with van der Waals surface area (Å²) in [5, 5.41) is 18.3. The first-order valence-corrected chi connectivity index (χ1v) is 11.4. The Balaban J connectivity index is 1.53. The number of thioether (sulfide) groups is 1. The largest absolute Gasteiger partial charge is 0.508 e. The van der Waals surface area contributed by atoms with Gasteiger partial charge in [-0.25, -0.2) is 9.07 Å². The van der Waals surface area contributed by atoms with Gasteiger partial charge in [0.25, 0.3) is 0 Å². The molecule has 6 nitrogen and oxygen atoms in total. The molecule has 2 aliphatic rings. The number of rotatable bonds is 4. The van der Waals surface area contributed by atoms with Gasteiger partial charge in [0.15, 0.2) is 5.78 Å². The topological polar surface area (TPSA) is 80.0 Å². The number of hydrogen-bond donors (Lipinski definition) is 2. The van der Waals surface area contributed by atoms with E-state index in [1.807, 2.05) is 0 Å². The van der Waals surface area contributed by atoms with Gasteiger partial charge in [-0.05, 0) is 41.2 Å². The number of halogens is 1. The Kier molecular flexibility index (Phi) is 5.04. The van der Waals surface area contributed by atoms with E-state index in [1.165, 1.54) is 17.8 Å². The maximum Gasteiger partial charge on any atom is 0.227 e. The molecule has 3 aromatic rings. The van der Waals surface area contributed by atoms with Gasteiger partial charge >= 0.3 is 0 Å². The van der Waals surface area contributed by atoms with Gasteiger partial charge < -0.3 is 10.4 Å². The Hall–Kier alpha value is -3.13. The zero-order valence-electron chi connectivity index (χ0n) is 17.8. The molecular weight excluding hydrogens is 427 g/mol. The van der Waals surface area contributed by atoms with Crippen molar-refractivity contribution in [2.75, 3.05) is 5.32 Å². The quantitative estimate of drug-likeness (QED) is 0.540. The number of fused-ring (bicyclic) bond motifs is 1. The van der Waals surface area contributed by atoms with Crippen molar-refractivity contribution in [1.29, 1.82) is 0 Å². The smallest absolute Gasteiger partial charge is 0.227 e. The number of nitrogens with zero attached hydrogens (tertiary/aromatic N) is 3. The van der Waals surface area contributed by atoms with Crippen molar-refractivity contribution in [3.63, 3.8) is 0 Å². The van der Waals surface area contributed by atoms with E-state index in [9.17, 15) is 14.3 Å². The highest BCUT2D eigenvalue weighted by atomic mass is 32.2. The fraction of sp³-hybridized carbons (Fsp3) is 0.292. The van der Waals surface area contributed by atoms with E-state index < -0.39 is 6.04 Å². The molecule has 2 heterocycles. The van der Waals surface area contributed by atoms with Crippen LogP contribution in [-0.4, -0.2) is 25.7 Å². The maximum absolute atomic E-state index is 14.0. The fourth-order valence-electron chi connectivity index (χ4n) is 4.37. The van der Waals surface area contributed by atoms with Crippen molar-refractivity contribution >= 4 is 23.5 Å². The van der Waals surface area contributed by atoms with Crippen LogP contribution in [-0.2, 0) is 10.5 Å². The molecule has 0 spiro atoms. The molecule has 2 N–H and O–H groups in total. The van der Waals surface area contributed by atoms with Crippen molar-refractivity contribution in [2.45, 2.75) is 43.6 Å². The summed E-state index contributed by atoms with van der Waals surface area (Å²) in [6.07, 6.45) is 1.19. The summed E-state index contributed by atoms with van der Waals surface area (Å²) in [7, 11) is 0. The minimum Gasteiger partial charge on any atom is -0.508 e. The number of allylic oxidation sites excluding steroid dienone is 2. The highest BCUT2D eigenvalue weighted by Crippen LogP contribution is 2.45. The molecule has 0 saturated heterocycles. The Labute approximate surface area is 189 Å². The number of ketones is 1. The van der Waals surface area contributed by atoms with Crippen molar-refractivity contribution in [3.8, 4) is 5.75 Å². The second-order valence-corrected chi connectivity index (χ2v) is 9.94. The van der Waals surface area contributed by atoms with Crippen LogP contribution in [0.2, 0.25) is 0 Å². The van der Waals surface area contributed by atoms with Crippen molar-refractivity contribution in [2.24, 2.45) is 5.41 Å². The van der Waals surface area contributed by atoms with E-state index in [0.717, 1.165) is 17.7 Å². The summed E-state index contributed by atoms with van der Waals surface area (Å²) < 4.78 is 15.7. The Morgan fingerprint density at radius 3 is 2.69 bits per heavy atom. The lowest BCUT2D eigenvalue weighted by Gasteiger charge is -2.38. The van der Waals surface area contributed by atoms with E-state index in [-0.39, 0.29) is 22.8 Å². The van der Waals surface area contributed by atoms with Crippen LogP contribution < -0.4 is 5.32 Å². The number of benzene rings is 2. The predicted octanol–water partition coefficient (Wildman–Crippen LogP) is 5.07. The first-order chi connectivity index (χ1) is 15.3. The average molecular weight is 451 g/mol. The molecule has 0 bridgehead atoms. The maximum atomic E-state index is 14.0. The molecule has 0 fully saturated rings. The van der Waals surface area contributed by atoms with Crippen molar-refractivity contribution < 1.29 is 14.3 Å². The number of aromatic nitrogens is 3. The van der Waals surface area contributed by atoms with Gasteiger partial charge in [-0.3, -0.25) is 4.79 Å². The monoisotopic (exact) mass is 450 g/mol. The van der Waals surface area contributed by atoms with E-state index in [0.29, 0.717) is 34.4 Å². The van der Waals surface area contributed by atoms with Gasteiger partial charge in [0, 0.05) is 23.4 Å². The molecule has 0 amide bonds. The zero-order chi connectivity index (χ0) is 22.5. The van der Waals surface area contributed by atoms with E-state index >= 15 is 0 Å². The normalized spacial score (nSPS) is 19.3. The molecular formula is C24H23FN4O2S. The number of nitrogens with one attached hydrogen (secondary N) is 1. The molecule has 1 aliphatic carbocycles. The summed E-state index contributed by atoms with van der Waals surface area (Å²) in [4.78, 5) is 17.8. The summed E-state index contributed by atoms with van der Waals surface area (Å²) in [6.45, 7) is 4.17. The van der Waals surface area contributed by atoms with Crippen LogP contribution >= 0.6 is 11.8 Å². The molecule has 1 aliphatic heterocycles. The molecule has 5 rings (SSSR count). The first kappa shape index (κ1) is 20.8. The summed E-state index contributed by atoms with van der Waals surface area (Å²) in [6, 6.07) is 13.1. The SMILES string of the molecule is CC1(C)CC(=O)C2=C(C1)Nc1nc(SCc3ccccc3F)nn1[C@H]2c1ccc(O)cc1. The summed E-state index contributed by atoms with van der Waals surface area (Å²) >= 11 is 1.35. The van der Waals surface area contributed by atoms with Crippen molar-refractivity contribution in [3.05, 3.63) is 76.7 Å². The number of anilines is 1. The molecule has 0 saturated carbocycles. The lowest BCUT2D eigenvalue weighted by Crippen LogP contribution is -2.36. The number of phenols is 1. The van der Waals surface area contributed by atoms with Gasteiger partial charge in [0.2, 0.25) is 11.1 Å². The van der Waals surface area contributed by atoms with Gasteiger partial charge in [0.05, 0.1) is 0 Å². The Bertz CT molecular complexity index is 1230. The number of hydrogen-bond acceptors (Lipinski definition) is 6. The van der Waals surface area contributed by atoms with Crippen LogP contribution in [0.1, 0.15) is 43.9 Å². The third-order valence-electron chi connectivity index (χ3n) is 5.84. The standard InChI is InChI=1S/C24H23FN4O2S/c1-24(2)11-18-20(19(31)12-24)21(14-7-9-16(30)10-8-14)29-22(26-18)27-23(28-29)32-13-15-5-3-4-6-17(15)25/h3-10,21,30H,11-13H2,1-2H3,(H,26,27,28)/t21-/m0/s1. The van der Waals surface area contributed by atoms with Crippen LogP contribution in [0.25, 0.3) is 0 Å². The third kappa shape index (κ3) is 3.79. The van der Waals surface area contributed by atoms with Crippen LogP contribution in [0.15, 0.2) is 65.0 Å². The van der Waals surface area contributed by atoms with Crippen LogP contribution in [0.3, 0.4) is 0 Å². The van der Waals surface area contributed by atoms with Gasteiger partial charge in [-0.2, -0.15) is 4.98 Å². The zero-order valence-corrected chi connectivity index (χ0v) is 18.6. The van der Waals surface area contributed by atoms with Crippen LogP contribution in [0, 0.1) is 11.2 Å². The first-order valence-electron chi connectivity index (χ1n) is 10.5. The molecule has 32 heavy (non-hydrogen) atoms. The third-order valence-corrected chi connectivity index (χ3v) is 6.72.